The average Bonchev–Trinajstić information content (AvgIpc) is 2.72. The van der Waals surface area contributed by atoms with Crippen molar-refractivity contribution >= 4 is 18.1 Å². The maximum Gasteiger partial charge on any atom is 0.308 e. The lowest BCUT2D eigenvalue weighted by atomic mass is 10.1. The van der Waals surface area contributed by atoms with Crippen LogP contribution in [0.1, 0.15) is 34.0 Å². The van der Waals surface area contributed by atoms with Crippen LogP contribution in [0.15, 0.2) is 76.8 Å². The summed E-state index contributed by atoms with van der Waals surface area (Å²) in [6, 6.07) is 17.6. The average molecular weight is 403 g/mol. The molecule has 0 atom stereocenters. The molecule has 3 rings (SSSR count). The Hall–Kier alpha value is -4.00. The molecule has 0 radical (unpaired) electrons. The van der Waals surface area contributed by atoms with Gasteiger partial charge in [0.05, 0.1) is 12.8 Å². The Balaban J connectivity index is 1.66. The van der Waals surface area contributed by atoms with E-state index in [1.165, 1.54) is 23.8 Å². The molecule has 1 N–H and O–H groups in total. The Labute approximate surface area is 173 Å². The summed E-state index contributed by atoms with van der Waals surface area (Å²) in [5.74, 6) is -0.576. The quantitative estimate of drug-likeness (QED) is 0.297. The second kappa shape index (κ2) is 9.47. The van der Waals surface area contributed by atoms with Crippen LogP contribution in [0.4, 0.5) is 0 Å². The van der Waals surface area contributed by atoms with Gasteiger partial charge in [-0.05, 0) is 54.4 Å². The minimum absolute atomic E-state index is 0.00645. The molecule has 2 aromatic carbocycles. The SMILES string of the molecule is CC(=O)Oc1ccc(/C=N\NC(=O)c2cccn(Cc3ccc(C)cc3)c2=O)cc1. The summed E-state index contributed by atoms with van der Waals surface area (Å²) in [6.45, 7) is 3.69. The van der Waals surface area contributed by atoms with Crippen molar-refractivity contribution in [1.82, 2.24) is 9.99 Å². The fraction of sp³-hybridized carbons (Fsp3) is 0.130. The van der Waals surface area contributed by atoms with Crippen molar-refractivity contribution in [3.63, 3.8) is 0 Å². The Bertz CT molecular complexity index is 1130. The summed E-state index contributed by atoms with van der Waals surface area (Å²) in [6.07, 6.45) is 3.08. The van der Waals surface area contributed by atoms with E-state index in [1.54, 1.807) is 36.5 Å². The molecule has 0 fully saturated rings. The highest BCUT2D eigenvalue weighted by molar-refractivity contribution is 5.94. The van der Waals surface area contributed by atoms with Crippen molar-refractivity contribution in [2.24, 2.45) is 5.10 Å². The van der Waals surface area contributed by atoms with Crippen LogP contribution in [0.5, 0.6) is 5.75 Å². The van der Waals surface area contributed by atoms with Crippen LogP contribution in [-0.2, 0) is 11.3 Å². The molecule has 1 amide bonds. The van der Waals surface area contributed by atoms with E-state index in [1.807, 2.05) is 31.2 Å². The van der Waals surface area contributed by atoms with Gasteiger partial charge in [-0.2, -0.15) is 5.10 Å². The van der Waals surface area contributed by atoms with Crippen molar-refractivity contribution < 1.29 is 14.3 Å². The Morgan fingerprint density at radius 3 is 2.43 bits per heavy atom. The van der Waals surface area contributed by atoms with Crippen molar-refractivity contribution in [2.45, 2.75) is 20.4 Å². The number of carbonyl (C=O) groups excluding carboxylic acids is 2. The van der Waals surface area contributed by atoms with E-state index in [-0.39, 0.29) is 5.56 Å². The van der Waals surface area contributed by atoms with E-state index in [0.717, 1.165) is 11.1 Å². The molecule has 0 unspecified atom stereocenters. The minimum atomic E-state index is -0.592. The van der Waals surface area contributed by atoms with Gasteiger partial charge in [-0.15, -0.1) is 0 Å². The highest BCUT2D eigenvalue weighted by atomic mass is 16.5. The molecule has 0 aliphatic rings. The lowest BCUT2D eigenvalue weighted by Gasteiger charge is -2.08. The van der Waals surface area contributed by atoms with Crippen LogP contribution in [0.2, 0.25) is 0 Å². The highest BCUT2D eigenvalue weighted by Crippen LogP contribution is 2.11. The first kappa shape index (κ1) is 20.7. The Kier molecular flexibility index (Phi) is 6.54. The third-order valence-electron chi connectivity index (χ3n) is 4.26. The Morgan fingerprint density at radius 1 is 1.07 bits per heavy atom. The third-order valence-corrected chi connectivity index (χ3v) is 4.26. The number of esters is 1. The minimum Gasteiger partial charge on any atom is -0.427 e. The van der Waals surface area contributed by atoms with E-state index in [2.05, 4.69) is 10.5 Å². The number of benzene rings is 2. The topological polar surface area (TPSA) is 89.8 Å². The summed E-state index contributed by atoms with van der Waals surface area (Å²) in [7, 11) is 0. The van der Waals surface area contributed by atoms with Gasteiger partial charge in [-0.3, -0.25) is 14.4 Å². The molecule has 1 heterocycles. The van der Waals surface area contributed by atoms with Crippen molar-refractivity contribution in [2.75, 3.05) is 0 Å². The molecule has 1 aromatic heterocycles. The van der Waals surface area contributed by atoms with Crippen molar-refractivity contribution in [3.8, 4) is 5.75 Å². The molecule has 0 aliphatic carbocycles. The highest BCUT2D eigenvalue weighted by Gasteiger charge is 2.11. The molecule has 3 aromatic rings. The first-order valence-electron chi connectivity index (χ1n) is 9.29. The molecule has 0 saturated heterocycles. The number of rotatable bonds is 6. The second-order valence-corrected chi connectivity index (χ2v) is 6.70. The summed E-state index contributed by atoms with van der Waals surface area (Å²) in [5, 5.41) is 3.89. The zero-order chi connectivity index (χ0) is 21.5. The van der Waals surface area contributed by atoms with E-state index in [4.69, 9.17) is 4.74 Å². The third kappa shape index (κ3) is 5.51. The van der Waals surface area contributed by atoms with Gasteiger partial charge < -0.3 is 9.30 Å². The molecular formula is C23H21N3O4. The second-order valence-electron chi connectivity index (χ2n) is 6.70. The number of nitrogens with zero attached hydrogens (tertiary/aromatic N) is 2. The molecule has 0 aliphatic heterocycles. The first-order valence-corrected chi connectivity index (χ1v) is 9.29. The maximum atomic E-state index is 12.6. The number of carbonyl (C=O) groups is 2. The molecule has 0 bridgehead atoms. The number of aryl methyl sites for hydroxylation is 1. The number of nitrogens with one attached hydrogen (secondary N) is 1. The molecule has 152 valence electrons. The summed E-state index contributed by atoms with van der Waals surface area (Å²) in [5.41, 5.74) is 4.78. The van der Waals surface area contributed by atoms with E-state index < -0.39 is 17.4 Å². The largest absolute Gasteiger partial charge is 0.427 e. The molecule has 0 spiro atoms. The summed E-state index contributed by atoms with van der Waals surface area (Å²) < 4.78 is 6.44. The van der Waals surface area contributed by atoms with Crippen LogP contribution in [0.25, 0.3) is 0 Å². The number of pyridine rings is 1. The molecule has 7 heteroatoms. The van der Waals surface area contributed by atoms with Crippen molar-refractivity contribution in [1.29, 1.82) is 0 Å². The van der Waals surface area contributed by atoms with Crippen LogP contribution >= 0.6 is 0 Å². The van der Waals surface area contributed by atoms with Gasteiger partial charge in [0.15, 0.2) is 0 Å². The van der Waals surface area contributed by atoms with Gasteiger partial charge in [0.2, 0.25) is 0 Å². The lowest BCUT2D eigenvalue weighted by molar-refractivity contribution is -0.131. The number of ether oxygens (including phenoxy) is 1. The normalized spacial score (nSPS) is 10.7. The number of amides is 1. The smallest absolute Gasteiger partial charge is 0.308 e. The molecule has 7 nitrogen and oxygen atoms in total. The predicted molar refractivity (Wildman–Crippen MR) is 114 cm³/mol. The maximum absolute atomic E-state index is 12.6. The fourth-order valence-electron chi connectivity index (χ4n) is 2.74. The number of aromatic nitrogens is 1. The predicted octanol–water partition coefficient (Wildman–Crippen LogP) is 2.89. The number of hydrogen-bond donors (Lipinski definition) is 1. The summed E-state index contributed by atoms with van der Waals surface area (Å²) in [4.78, 5) is 36.0. The van der Waals surface area contributed by atoms with Crippen LogP contribution in [0.3, 0.4) is 0 Å². The zero-order valence-corrected chi connectivity index (χ0v) is 16.7. The van der Waals surface area contributed by atoms with Gasteiger partial charge in [0.1, 0.15) is 11.3 Å². The standard InChI is InChI=1S/C23H21N3O4/c1-16-5-7-19(8-6-16)15-26-13-3-4-21(23(26)29)22(28)25-24-14-18-9-11-20(12-10-18)30-17(2)27/h3-14H,15H2,1-2H3,(H,25,28)/b24-14-. The van der Waals surface area contributed by atoms with Crippen LogP contribution in [0, 0.1) is 6.92 Å². The first-order chi connectivity index (χ1) is 14.4. The van der Waals surface area contributed by atoms with Gasteiger partial charge in [-0.25, -0.2) is 5.43 Å². The molecule has 0 saturated carbocycles. The van der Waals surface area contributed by atoms with E-state index >= 15 is 0 Å². The molecule has 30 heavy (non-hydrogen) atoms. The van der Waals surface area contributed by atoms with Crippen LogP contribution in [-0.4, -0.2) is 22.7 Å². The number of hydrogen-bond acceptors (Lipinski definition) is 5. The van der Waals surface area contributed by atoms with Gasteiger partial charge >= 0.3 is 5.97 Å². The van der Waals surface area contributed by atoms with Crippen molar-refractivity contribution in [3.05, 3.63) is 99.5 Å². The molecular weight excluding hydrogens is 382 g/mol. The fourth-order valence-corrected chi connectivity index (χ4v) is 2.74. The number of hydrazone groups is 1. The van der Waals surface area contributed by atoms with E-state index in [9.17, 15) is 14.4 Å². The van der Waals surface area contributed by atoms with Crippen LogP contribution < -0.4 is 15.7 Å². The monoisotopic (exact) mass is 403 g/mol. The van der Waals surface area contributed by atoms with E-state index in [0.29, 0.717) is 17.9 Å². The van der Waals surface area contributed by atoms with Gasteiger partial charge in [0.25, 0.3) is 11.5 Å². The Morgan fingerprint density at radius 2 is 1.77 bits per heavy atom. The zero-order valence-electron chi connectivity index (χ0n) is 16.7. The summed E-state index contributed by atoms with van der Waals surface area (Å²) >= 11 is 0. The lowest BCUT2D eigenvalue weighted by Crippen LogP contribution is -2.30. The van der Waals surface area contributed by atoms with Gasteiger partial charge in [0, 0.05) is 13.1 Å². The van der Waals surface area contributed by atoms with Gasteiger partial charge in [-0.1, -0.05) is 29.8 Å².